The molecule has 1 N–H and O–H groups in total. The second-order valence-corrected chi connectivity index (χ2v) is 6.40. The van der Waals surface area contributed by atoms with Crippen LogP contribution < -0.4 is 5.32 Å². The monoisotopic (exact) mass is 343 g/mol. The van der Waals surface area contributed by atoms with Gasteiger partial charge in [-0.05, 0) is 30.9 Å². The Balaban J connectivity index is 1.78. The molecule has 0 aliphatic carbocycles. The van der Waals surface area contributed by atoms with Crippen LogP contribution >= 0.6 is 11.8 Å². The Bertz CT molecular complexity index is 851. The Morgan fingerprint density at radius 3 is 2.83 bits per heavy atom. The standard InChI is InChI=1S/C16H17N5O2S/c1-4-24-13-8-6-5-7-11(13)14(22)17-16-19-18-15(23-16)12-9-10(2)21(3)20-12/h5-9H,4H2,1-3H3,(H,17,19,22). The van der Waals surface area contributed by atoms with Gasteiger partial charge in [0.05, 0.1) is 5.56 Å². The van der Waals surface area contributed by atoms with Crippen molar-refractivity contribution in [2.45, 2.75) is 18.7 Å². The van der Waals surface area contributed by atoms with Crippen molar-refractivity contribution in [1.82, 2.24) is 20.0 Å². The molecule has 0 atom stereocenters. The predicted octanol–water partition coefficient (Wildman–Crippen LogP) is 3.14. The quantitative estimate of drug-likeness (QED) is 0.716. The van der Waals surface area contributed by atoms with E-state index < -0.39 is 0 Å². The summed E-state index contributed by atoms with van der Waals surface area (Å²) >= 11 is 1.61. The Hall–Kier alpha value is -2.61. The van der Waals surface area contributed by atoms with E-state index in [0.29, 0.717) is 11.3 Å². The van der Waals surface area contributed by atoms with Crippen molar-refractivity contribution in [1.29, 1.82) is 0 Å². The minimum Gasteiger partial charge on any atom is -0.401 e. The van der Waals surface area contributed by atoms with E-state index in [-0.39, 0.29) is 17.8 Å². The summed E-state index contributed by atoms with van der Waals surface area (Å²) in [6, 6.07) is 9.31. The maximum Gasteiger partial charge on any atom is 0.322 e. The third-order valence-corrected chi connectivity index (χ3v) is 4.37. The van der Waals surface area contributed by atoms with Gasteiger partial charge >= 0.3 is 6.01 Å². The number of benzene rings is 1. The van der Waals surface area contributed by atoms with E-state index in [1.54, 1.807) is 22.5 Å². The van der Waals surface area contributed by atoms with E-state index in [9.17, 15) is 4.79 Å². The van der Waals surface area contributed by atoms with Gasteiger partial charge in [0.25, 0.3) is 11.8 Å². The lowest BCUT2D eigenvalue weighted by atomic mass is 10.2. The molecule has 0 aliphatic rings. The van der Waals surface area contributed by atoms with Crippen LogP contribution in [-0.2, 0) is 7.05 Å². The third kappa shape index (κ3) is 3.33. The maximum atomic E-state index is 12.4. The number of amides is 1. The van der Waals surface area contributed by atoms with Gasteiger partial charge in [-0.15, -0.1) is 16.9 Å². The SMILES string of the molecule is CCSc1ccccc1C(=O)Nc1nnc(-c2cc(C)n(C)n2)o1. The summed E-state index contributed by atoms with van der Waals surface area (Å²) in [6.07, 6.45) is 0. The molecule has 0 saturated carbocycles. The number of rotatable bonds is 5. The Kier molecular flexibility index (Phi) is 4.66. The average molecular weight is 343 g/mol. The average Bonchev–Trinajstić information content (AvgIpc) is 3.15. The minimum absolute atomic E-state index is 0.0506. The molecule has 7 nitrogen and oxygen atoms in total. The van der Waals surface area contributed by atoms with Gasteiger partial charge in [0.15, 0.2) is 0 Å². The predicted molar refractivity (Wildman–Crippen MR) is 92.0 cm³/mol. The molecule has 0 radical (unpaired) electrons. The number of anilines is 1. The molecular formula is C16H17N5O2S. The molecule has 2 heterocycles. The highest BCUT2D eigenvalue weighted by Gasteiger charge is 2.17. The molecule has 124 valence electrons. The number of hydrogen-bond donors (Lipinski definition) is 1. The normalized spacial score (nSPS) is 10.8. The summed E-state index contributed by atoms with van der Waals surface area (Å²) in [5.74, 6) is 0.873. The zero-order valence-electron chi connectivity index (χ0n) is 13.6. The smallest absolute Gasteiger partial charge is 0.322 e. The second kappa shape index (κ2) is 6.88. The Morgan fingerprint density at radius 1 is 1.33 bits per heavy atom. The van der Waals surface area contributed by atoms with Crippen LogP contribution in [0.3, 0.4) is 0 Å². The number of hydrogen-bond acceptors (Lipinski definition) is 6. The maximum absolute atomic E-state index is 12.4. The summed E-state index contributed by atoms with van der Waals surface area (Å²) in [7, 11) is 1.83. The van der Waals surface area contributed by atoms with Crippen LogP contribution in [0.15, 0.2) is 39.6 Å². The van der Waals surface area contributed by atoms with Crippen molar-refractivity contribution in [3.8, 4) is 11.6 Å². The van der Waals surface area contributed by atoms with Crippen molar-refractivity contribution >= 4 is 23.7 Å². The van der Waals surface area contributed by atoms with E-state index in [2.05, 4.69) is 20.6 Å². The summed E-state index contributed by atoms with van der Waals surface area (Å²) in [6.45, 7) is 3.97. The summed E-state index contributed by atoms with van der Waals surface area (Å²) in [5, 5.41) is 14.7. The molecular weight excluding hydrogens is 326 g/mol. The molecule has 0 aliphatic heterocycles. The van der Waals surface area contributed by atoms with Crippen LogP contribution in [0.4, 0.5) is 6.01 Å². The fourth-order valence-electron chi connectivity index (χ4n) is 2.14. The minimum atomic E-state index is -0.279. The molecule has 24 heavy (non-hydrogen) atoms. The molecule has 8 heteroatoms. The lowest BCUT2D eigenvalue weighted by Crippen LogP contribution is -2.13. The highest BCUT2D eigenvalue weighted by Crippen LogP contribution is 2.24. The van der Waals surface area contributed by atoms with E-state index in [1.807, 2.05) is 45.2 Å². The molecule has 0 unspecified atom stereocenters. The van der Waals surface area contributed by atoms with Gasteiger partial charge in [0, 0.05) is 17.6 Å². The summed E-state index contributed by atoms with van der Waals surface area (Å²) in [5.41, 5.74) is 2.13. The highest BCUT2D eigenvalue weighted by atomic mass is 32.2. The van der Waals surface area contributed by atoms with Gasteiger partial charge in [-0.2, -0.15) is 5.10 Å². The van der Waals surface area contributed by atoms with Gasteiger partial charge < -0.3 is 4.42 Å². The first kappa shape index (κ1) is 16.3. The van der Waals surface area contributed by atoms with Gasteiger partial charge in [-0.3, -0.25) is 14.8 Å². The fraction of sp³-hybridized carbons (Fsp3) is 0.250. The van der Waals surface area contributed by atoms with Crippen LogP contribution in [0.1, 0.15) is 23.0 Å². The number of thioether (sulfide) groups is 1. The van der Waals surface area contributed by atoms with Crippen molar-refractivity contribution in [2.75, 3.05) is 11.1 Å². The van der Waals surface area contributed by atoms with E-state index in [0.717, 1.165) is 16.3 Å². The van der Waals surface area contributed by atoms with Crippen LogP contribution in [0.2, 0.25) is 0 Å². The highest BCUT2D eigenvalue weighted by molar-refractivity contribution is 7.99. The first-order valence-corrected chi connectivity index (χ1v) is 8.44. The molecule has 1 amide bonds. The zero-order valence-corrected chi connectivity index (χ0v) is 14.4. The first-order valence-electron chi connectivity index (χ1n) is 7.46. The van der Waals surface area contributed by atoms with Crippen molar-refractivity contribution < 1.29 is 9.21 Å². The number of nitrogens with one attached hydrogen (secondary N) is 1. The third-order valence-electron chi connectivity index (χ3n) is 3.41. The van der Waals surface area contributed by atoms with Crippen LogP contribution in [0, 0.1) is 6.92 Å². The van der Waals surface area contributed by atoms with Gasteiger partial charge in [0.2, 0.25) is 0 Å². The number of carbonyl (C=O) groups excluding carboxylic acids is 1. The molecule has 0 fully saturated rings. The zero-order chi connectivity index (χ0) is 17.1. The lowest BCUT2D eigenvalue weighted by molar-refractivity contribution is 0.102. The molecule has 2 aromatic heterocycles. The van der Waals surface area contributed by atoms with Gasteiger partial charge in [-0.25, -0.2) is 0 Å². The van der Waals surface area contributed by atoms with E-state index in [1.165, 1.54) is 0 Å². The Morgan fingerprint density at radius 2 is 2.12 bits per heavy atom. The van der Waals surface area contributed by atoms with Crippen molar-refractivity contribution in [3.05, 3.63) is 41.6 Å². The number of aryl methyl sites for hydroxylation is 2. The number of nitrogens with zero attached hydrogens (tertiary/aromatic N) is 4. The molecule has 0 spiro atoms. The van der Waals surface area contributed by atoms with Crippen molar-refractivity contribution in [2.24, 2.45) is 7.05 Å². The number of carbonyl (C=O) groups is 1. The largest absolute Gasteiger partial charge is 0.401 e. The topological polar surface area (TPSA) is 85.8 Å². The first-order chi connectivity index (χ1) is 11.6. The molecule has 0 bridgehead atoms. The van der Waals surface area contributed by atoms with Gasteiger partial charge in [-0.1, -0.05) is 24.2 Å². The van der Waals surface area contributed by atoms with Crippen molar-refractivity contribution in [3.63, 3.8) is 0 Å². The summed E-state index contributed by atoms with van der Waals surface area (Å²) in [4.78, 5) is 13.4. The molecule has 0 saturated heterocycles. The fourth-order valence-corrected chi connectivity index (χ4v) is 2.94. The summed E-state index contributed by atoms with van der Waals surface area (Å²) < 4.78 is 7.21. The number of aromatic nitrogens is 4. The molecule has 1 aromatic carbocycles. The second-order valence-electron chi connectivity index (χ2n) is 5.09. The van der Waals surface area contributed by atoms with Crippen LogP contribution in [-0.4, -0.2) is 31.6 Å². The Labute approximate surface area is 143 Å². The lowest BCUT2D eigenvalue weighted by Gasteiger charge is -2.06. The molecule has 3 aromatic rings. The van der Waals surface area contributed by atoms with Crippen LogP contribution in [0.25, 0.3) is 11.6 Å². The van der Waals surface area contributed by atoms with Gasteiger partial charge in [0.1, 0.15) is 5.69 Å². The molecule has 3 rings (SSSR count). The van der Waals surface area contributed by atoms with Crippen LogP contribution in [0.5, 0.6) is 0 Å². The van der Waals surface area contributed by atoms with E-state index >= 15 is 0 Å². The van der Waals surface area contributed by atoms with E-state index in [4.69, 9.17) is 4.42 Å².